The lowest BCUT2D eigenvalue weighted by Crippen LogP contribution is -2.41. The van der Waals surface area contributed by atoms with E-state index in [1.807, 2.05) is 0 Å². The maximum Gasteiger partial charge on any atom is 0.0615 e. The lowest BCUT2D eigenvalue weighted by molar-refractivity contribution is 0.155. The number of methoxy groups -OCH3 is 1. The van der Waals surface area contributed by atoms with Gasteiger partial charge in [0, 0.05) is 19.2 Å². The molecule has 0 aromatic carbocycles. The summed E-state index contributed by atoms with van der Waals surface area (Å²) in [4.78, 5) is 0. The summed E-state index contributed by atoms with van der Waals surface area (Å²) in [7, 11) is 1.78. The molecule has 0 aromatic rings. The molecule has 2 nitrogen and oxygen atoms in total. The van der Waals surface area contributed by atoms with Crippen LogP contribution in [0.15, 0.2) is 0 Å². The molecule has 0 radical (unpaired) electrons. The number of hydrogen-bond donors (Lipinski definition) is 1. The number of ether oxygens (including phenoxy) is 1. The zero-order valence-corrected chi connectivity index (χ0v) is 9.18. The Morgan fingerprint density at radius 3 is 2.69 bits per heavy atom. The van der Waals surface area contributed by atoms with Crippen LogP contribution in [0.3, 0.4) is 0 Å². The van der Waals surface area contributed by atoms with Crippen LogP contribution < -0.4 is 5.32 Å². The predicted molar refractivity (Wildman–Crippen MR) is 55.9 cm³/mol. The summed E-state index contributed by atoms with van der Waals surface area (Å²) in [6, 6.07) is 1.29. The fraction of sp³-hybridized carbons (Fsp3) is 1.00. The van der Waals surface area contributed by atoms with Crippen molar-refractivity contribution in [2.24, 2.45) is 5.92 Å². The highest BCUT2D eigenvalue weighted by Crippen LogP contribution is 2.25. The Labute approximate surface area is 82.0 Å². The third-order valence-corrected chi connectivity index (χ3v) is 3.17. The third-order valence-electron chi connectivity index (χ3n) is 3.17. The second-order valence-corrected chi connectivity index (χ2v) is 4.24. The maximum absolute atomic E-state index is 5.18. The molecule has 0 aliphatic heterocycles. The largest absolute Gasteiger partial charge is 0.383 e. The SMILES string of the molecule is CC[C@H](COC)N[C@H]1CCC[C@@H]1C. The van der Waals surface area contributed by atoms with Crippen molar-refractivity contribution in [3.8, 4) is 0 Å². The molecule has 1 saturated carbocycles. The first-order valence-electron chi connectivity index (χ1n) is 5.53. The minimum Gasteiger partial charge on any atom is -0.383 e. The monoisotopic (exact) mass is 185 g/mol. The predicted octanol–water partition coefficient (Wildman–Crippen LogP) is 2.19. The van der Waals surface area contributed by atoms with E-state index in [2.05, 4.69) is 19.2 Å². The molecule has 0 bridgehead atoms. The van der Waals surface area contributed by atoms with Crippen LogP contribution in [0, 0.1) is 5.92 Å². The van der Waals surface area contributed by atoms with Crippen LogP contribution in [-0.4, -0.2) is 25.8 Å². The summed E-state index contributed by atoms with van der Waals surface area (Å²) < 4.78 is 5.18. The van der Waals surface area contributed by atoms with E-state index in [1.54, 1.807) is 7.11 Å². The molecule has 3 atom stereocenters. The van der Waals surface area contributed by atoms with Gasteiger partial charge in [-0.05, 0) is 25.2 Å². The Hall–Kier alpha value is -0.0800. The molecule has 1 rings (SSSR count). The summed E-state index contributed by atoms with van der Waals surface area (Å²) in [5.41, 5.74) is 0. The molecule has 0 aromatic heterocycles. The van der Waals surface area contributed by atoms with Gasteiger partial charge in [0.25, 0.3) is 0 Å². The van der Waals surface area contributed by atoms with Gasteiger partial charge in [-0.1, -0.05) is 20.3 Å². The molecule has 2 heteroatoms. The topological polar surface area (TPSA) is 21.3 Å². The summed E-state index contributed by atoms with van der Waals surface area (Å²) in [6.07, 6.45) is 5.29. The van der Waals surface area contributed by atoms with Crippen molar-refractivity contribution >= 4 is 0 Å². The van der Waals surface area contributed by atoms with Crippen molar-refractivity contribution in [3.05, 3.63) is 0 Å². The van der Waals surface area contributed by atoms with Crippen molar-refractivity contribution < 1.29 is 4.74 Å². The van der Waals surface area contributed by atoms with Gasteiger partial charge >= 0.3 is 0 Å². The van der Waals surface area contributed by atoms with E-state index in [9.17, 15) is 0 Å². The third kappa shape index (κ3) is 3.28. The fourth-order valence-corrected chi connectivity index (χ4v) is 2.18. The zero-order valence-electron chi connectivity index (χ0n) is 9.18. The van der Waals surface area contributed by atoms with Crippen LogP contribution in [0.1, 0.15) is 39.5 Å². The smallest absolute Gasteiger partial charge is 0.0615 e. The van der Waals surface area contributed by atoms with Crippen LogP contribution in [0.4, 0.5) is 0 Å². The highest BCUT2D eigenvalue weighted by molar-refractivity contribution is 4.82. The Morgan fingerprint density at radius 2 is 2.23 bits per heavy atom. The number of nitrogens with one attached hydrogen (secondary N) is 1. The summed E-state index contributed by atoms with van der Waals surface area (Å²) in [5.74, 6) is 0.853. The molecule has 1 N–H and O–H groups in total. The van der Waals surface area contributed by atoms with Crippen molar-refractivity contribution in [3.63, 3.8) is 0 Å². The van der Waals surface area contributed by atoms with Gasteiger partial charge in [-0.2, -0.15) is 0 Å². The lowest BCUT2D eigenvalue weighted by atomic mass is 10.0. The first kappa shape index (κ1) is 11.0. The fourth-order valence-electron chi connectivity index (χ4n) is 2.18. The standard InChI is InChI=1S/C11H23NO/c1-4-10(8-13-3)12-11-7-5-6-9(11)2/h9-12H,4-8H2,1-3H3/t9-,10+,11-/m0/s1. The highest BCUT2D eigenvalue weighted by Gasteiger charge is 2.24. The van der Waals surface area contributed by atoms with E-state index < -0.39 is 0 Å². The van der Waals surface area contributed by atoms with Crippen molar-refractivity contribution in [2.45, 2.75) is 51.6 Å². The van der Waals surface area contributed by atoms with E-state index in [4.69, 9.17) is 4.74 Å². The molecule has 0 heterocycles. The molecule has 0 spiro atoms. The van der Waals surface area contributed by atoms with E-state index >= 15 is 0 Å². The van der Waals surface area contributed by atoms with Gasteiger partial charge in [-0.3, -0.25) is 0 Å². The summed E-state index contributed by atoms with van der Waals surface area (Å²) >= 11 is 0. The molecule has 1 fully saturated rings. The summed E-state index contributed by atoms with van der Waals surface area (Å²) in [6.45, 7) is 5.42. The van der Waals surface area contributed by atoms with Gasteiger partial charge in [-0.15, -0.1) is 0 Å². The average Bonchev–Trinajstić information content (AvgIpc) is 2.51. The van der Waals surface area contributed by atoms with E-state index in [-0.39, 0.29) is 0 Å². The van der Waals surface area contributed by atoms with Gasteiger partial charge < -0.3 is 10.1 Å². The molecular formula is C11H23NO. The molecular weight excluding hydrogens is 162 g/mol. The highest BCUT2D eigenvalue weighted by atomic mass is 16.5. The molecule has 0 amide bonds. The maximum atomic E-state index is 5.18. The van der Waals surface area contributed by atoms with Gasteiger partial charge in [0.2, 0.25) is 0 Å². The Balaban J connectivity index is 2.27. The first-order valence-corrected chi connectivity index (χ1v) is 5.53. The van der Waals surface area contributed by atoms with Crippen molar-refractivity contribution in [2.75, 3.05) is 13.7 Å². The zero-order chi connectivity index (χ0) is 9.68. The van der Waals surface area contributed by atoms with Crippen LogP contribution >= 0.6 is 0 Å². The molecule has 0 unspecified atom stereocenters. The molecule has 13 heavy (non-hydrogen) atoms. The van der Waals surface area contributed by atoms with Gasteiger partial charge in [-0.25, -0.2) is 0 Å². The molecule has 1 aliphatic carbocycles. The molecule has 78 valence electrons. The molecule has 1 aliphatic rings. The number of hydrogen-bond acceptors (Lipinski definition) is 2. The normalized spacial score (nSPS) is 30.7. The average molecular weight is 185 g/mol. The minimum absolute atomic E-state index is 0.551. The molecule has 0 saturated heterocycles. The minimum atomic E-state index is 0.551. The van der Waals surface area contributed by atoms with Crippen LogP contribution in [0.25, 0.3) is 0 Å². The van der Waals surface area contributed by atoms with Gasteiger partial charge in [0.15, 0.2) is 0 Å². The lowest BCUT2D eigenvalue weighted by Gasteiger charge is -2.24. The Kier molecular flexibility index (Phi) is 4.74. The van der Waals surface area contributed by atoms with Crippen LogP contribution in [-0.2, 0) is 4.74 Å². The van der Waals surface area contributed by atoms with Crippen LogP contribution in [0.2, 0.25) is 0 Å². The van der Waals surface area contributed by atoms with Crippen molar-refractivity contribution in [1.82, 2.24) is 5.32 Å². The van der Waals surface area contributed by atoms with E-state index in [1.165, 1.54) is 19.3 Å². The van der Waals surface area contributed by atoms with Crippen LogP contribution in [0.5, 0.6) is 0 Å². The number of rotatable bonds is 5. The van der Waals surface area contributed by atoms with Gasteiger partial charge in [0.1, 0.15) is 0 Å². The first-order chi connectivity index (χ1) is 6.27. The second-order valence-electron chi connectivity index (χ2n) is 4.24. The summed E-state index contributed by atoms with van der Waals surface area (Å²) in [5, 5.41) is 3.69. The Morgan fingerprint density at radius 1 is 1.46 bits per heavy atom. The second kappa shape index (κ2) is 5.61. The van der Waals surface area contributed by atoms with Gasteiger partial charge in [0.05, 0.1) is 6.61 Å². The van der Waals surface area contributed by atoms with Crippen molar-refractivity contribution in [1.29, 1.82) is 0 Å². The van der Waals surface area contributed by atoms with E-state index in [0.29, 0.717) is 6.04 Å². The Bertz CT molecular complexity index is 138. The quantitative estimate of drug-likeness (QED) is 0.709. The van der Waals surface area contributed by atoms with E-state index in [0.717, 1.165) is 25.0 Å².